The molecule has 0 spiro atoms. The lowest BCUT2D eigenvalue weighted by atomic mass is 10.1. The van der Waals surface area contributed by atoms with Gasteiger partial charge in [-0.1, -0.05) is 27.5 Å². The molecule has 0 atom stereocenters. The molecule has 1 fully saturated rings. The summed E-state index contributed by atoms with van der Waals surface area (Å²) in [5.41, 5.74) is -1.11. The van der Waals surface area contributed by atoms with E-state index in [0.29, 0.717) is 37.0 Å². The predicted molar refractivity (Wildman–Crippen MR) is 96.9 cm³/mol. The summed E-state index contributed by atoms with van der Waals surface area (Å²) in [6, 6.07) is 5.18. The minimum Gasteiger partial charge on any atom is -0.476 e. The molecule has 1 heterocycles. The number of piperazine rings is 1. The number of nitrogens with zero attached hydrogens (tertiary/aromatic N) is 2. The Labute approximate surface area is 155 Å². The molecule has 0 N–H and O–H groups in total. The first-order valence-electron chi connectivity index (χ1n) is 7.39. The Bertz CT molecular complexity index is 731. The zero-order valence-corrected chi connectivity index (χ0v) is 16.9. The maximum atomic E-state index is 12.7. The predicted octanol–water partition coefficient (Wildman–Crippen LogP) is 2.36. The third kappa shape index (κ3) is 4.62. The maximum Gasteiger partial charge on any atom is 0.266 e. The van der Waals surface area contributed by atoms with Crippen LogP contribution >= 0.6 is 27.5 Å². The van der Waals surface area contributed by atoms with Crippen LogP contribution in [0.1, 0.15) is 13.8 Å². The fourth-order valence-corrected chi connectivity index (χ4v) is 4.02. The minimum absolute atomic E-state index is 0.199. The van der Waals surface area contributed by atoms with Gasteiger partial charge in [-0.05, 0) is 32.0 Å². The Morgan fingerprint density at radius 3 is 2.33 bits per heavy atom. The van der Waals surface area contributed by atoms with E-state index in [1.165, 1.54) is 10.6 Å². The number of ether oxygens (including phenoxy) is 1. The fourth-order valence-electron chi connectivity index (χ4n) is 2.48. The highest BCUT2D eigenvalue weighted by molar-refractivity contribution is 9.10. The average molecular weight is 440 g/mol. The van der Waals surface area contributed by atoms with Gasteiger partial charge in [0.25, 0.3) is 5.91 Å². The number of hydrogen-bond acceptors (Lipinski definition) is 4. The number of benzene rings is 1. The Hall–Kier alpha value is -0.830. The van der Waals surface area contributed by atoms with Crippen LogP contribution in [0, 0.1) is 0 Å². The average Bonchev–Trinajstić information content (AvgIpc) is 2.48. The molecule has 0 saturated carbocycles. The van der Waals surface area contributed by atoms with Crippen molar-refractivity contribution in [3.05, 3.63) is 27.7 Å². The minimum atomic E-state index is -3.23. The van der Waals surface area contributed by atoms with Gasteiger partial charge in [-0.2, -0.15) is 4.31 Å². The van der Waals surface area contributed by atoms with Crippen molar-refractivity contribution in [2.24, 2.45) is 0 Å². The van der Waals surface area contributed by atoms with Gasteiger partial charge in [0.2, 0.25) is 10.0 Å². The number of sulfonamides is 1. The Kier molecular flexibility index (Phi) is 5.84. The fraction of sp³-hybridized carbons (Fsp3) is 0.533. The molecule has 0 unspecified atom stereocenters. The lowest BCUT2D eigenvalue weighted by Gasteiger charge is -2.37. The standard InChI is InChI=1S/C15H20BrClN2O4S/c1-15(2,23-13-5-4-11(16)10-12(13)17)14(20)18-6-8-19(9-7-18)24(3,21)22/h4-5,10H,6-9H2,1-3H3. The Morgan fingerprint density at radius 2 is 1.83 bits per heavy atom. The molecule has 1 amide bonds. The largest absolute Gasteiger partial charge is 0.476 e. The second-order valence-corrected chi connectivity index (χ2v) is 9.45. The van der Waals surface area contributed by atoms with Gasteiger partial charge in [0.1, 0.15) is 5.75 Å². The first kappa shape index (κ1) is 19.5. The quantitative estimate of drug-likeness (QED) is 0.722. The van der Waals surface area contributed by atoms with E-state index in [-0.39, 0.29) is 5.91 Å². The summed E-state index contributed by atoms with van der Waals surface area (Å²) in [6.07, 6.45) is 1.17. The zero-order chi connectivity index (χ0) is 18.1. The summed E-state index contributed by atoms with van der Waals surface area (Å²) in [5, 5.41) is 0.409. The molecule has 1 aromatic carbocycles. The summed E-state index contributed by atoms with van der Waals surface area (Å²) >= 11 is 9.46. The first-order valence-corrected chi connectivity index (χ1v) is 10.4. The Balaban J connectivity index is 2.05. The highest BCUT2D eigenvalue weighted by Crippen LogP contribution is 2.31. The van der Waals surface area contributed by atoms with Gasteiger partial charge in [0.15, 0.2) is 5.60 Å². The van der Waals surface area contributed by atoms with E-state index in [1.807, 2.05) is 0 Å². The van der Waals surface area contributed by atoms with E-state index in [1.54, 1.807) is 36.9 Å². The summed E-state index contributed by atoms with van der Waals surface area (Å²) in [4.78, 5) is 14.4. The van der Waals surface area contributed by atoms with Gasteiger partial charge in [0.05, 0.1) is 11.3 Å². The molecular weight excluding hydrogens is 420 g/mol. The Morgan fingerprint density at radius 1 is 1.25 bits per heavy atom. The van der Waals surface area contributed by atoms with Crippen LogP contribution in [0.3, 0.4) is 0 Å². The molecular formula is C15H20BrClN2O4S. The summed E-state index contributed by atoms with van der Waals surface area (Å²) in [5.74, 6) is 0.225. The maximum absolute atomic E-state index is 12.7. The van der Waals surface area contributed by atoms with Crippen LogP contribution in [-0.4, -0.2) is 61.6 Å². The van der Waals surface area contributed by atoms with Crippen LogP contribution in [-0.2, 0) is 14.8 Å². The van der Waals surface area contributed by atoms with Crippen LogP contribution in [0.5, 0.6) is 5.75 Å². The van der Waals surface area contributed by atoms with Crippen molar-refractivity contribution in [2.45, 2.75) is 19.4 Å². The smallest absolute Gasteiger partial charge is 0.266 e. The van der Waals surface area contributed by atoms with Crippen LogP contribution in [0.15, 0.2) is 22.7 Å². The molecule has 1 saturated heterocycles. The number of halogens is 2. The number of carbonyl (C=O) groups is 1. The number of rotatable bonds is 4. The van der Waals surface area contributed by atoms with Gasteiger partial charge in [-0.15, -0.1) is 0 Å². The van der Waals surface area contributed by atoms with Crippen LogP contribution < -0.4 is 4.74 Å². The molecule has 24 heavy (non-hydrogen) atoms. The highest BCUT2D eigenvalue weighted by atomic mass is 79.9. The summed E-state index contributed by atoms with van der Waals surface area (Å²) in [7, 11) is -3.23. The topological polar surface area (TPSA) is 66.9 Å². The van der Waals surface area contributed by atoms with E-state index in [0.717, 1.165) is 4.47 Å². The van der Waals surface area contributed by atoms with Crippen LogP contribution in [0.2, 0.25) is 5.02 Å². The summed E-state index contributed by atoms with van der Waals surface area (Å²) < 4.78 is 31.1. The number of carbonyl (C=O) groups excluding carboxylic acids is 1. The third-order valence-corrected chi connectivity index (χ3v) is 5.86. The van der Waals surface area contributed by atoms with Crippen LogP contribution in [0.4, 0.5) is 0 Å². The van der Waals surface area contributed by atoms with E-state index in [2.05, 4.69) is 15.9 Å². The third-order valence-electron chi connectivity index (χ3n) is 3.77. The van der Waals surface area contributed by atoms with Gasteiger partial charge in [0, 0.05) is 30.7 Å². The highest BCUT2D eigenvalue weighted by Gasteiger charge is 2.37. The molecule has 134 valence electrons. The SMILES string of the molecule is CC(C)(Oc1ccc(Br)cc1Cl)C(=O)N1CCN(S(C)(=O)=O)CC1. The van der Waals surface area contributed by atoms with Gasteiger partial charge < -0.3 is 9.64 Å². The van der Waals surface area contributed by atoms with Crippen molar-refractivity contribution in [1.29, 1.82) is 0 Å². The number of amides is 1. The van der Waals surface area contributed by atoms with E-state index >= 15 is 0 Å². The van der Waals surface area contributed by atoms with Gasteiger partial charge >= 0.3 is 0 Å². The second kappa shape index (κ2) is 7.19. The van der Waals surface area contributed by atoms with Crippen molar-refractivity contribution in [3.63, 3.8) is 0 Å². The van der Waals surface area contributed by atoms with Gasteiger partial charge in [-0.25, -0.2) is 8.42 Å². The molecule has 0 radical (unpaired) electrons. The van der Waals surface area contributed by atoms with Crippen molar-refractivity contribution in [2.75, 3.05) is 32.4 Å². The zero-order valence-electron chi connectivity index (χ0n) is 13.8. The molecule has 1 aromatic rings. The van der Waals surface area contributed by atoms with E-state index < -0.39 is 15.6 Å². The summed E-state index contributed by atoms with van der Waals surface area (Å²) in [6.45, 7) is 4.62. The lowest BCUT2D eigenvalue weighted by molar-refractivity contribution is -0.146. The van der Waals surface area contributed by atoms with Crippen molar-refractivity contribution < 1.29 is 17.9 Å². The van der Waals surface area contributed by atoms with Crippen molar-refractivity contribution in [1.82, 2.24) is 9.21 Å². The molecule has 0 aliphatic carbocycles. The monoisotopic (exact) mass is 438 g/mol. The molecule has 9 heteroatoms. The van der Waals surface area contributed by atoms with Crippen LogP contribution in [0.25, 0.3) is 0 Å². The number of hydrogen-bond donors (Lipinski definition) is 0. The molecule has 0 aromatic heterocycles. The normalized spacial score (nSPS) is 17.0. The molecule has 0 bridgehead atoms. The molecule has 1 aliphatic rings. The van der Waals surface area contributed by atoms with Crippen molar-refractivity contribution >= 4 is 43.5 Å². The lowest BCUT2D eigenvalue weighted by Crippen LogP contribution is -2.56. The van der Waals surface area contributed by atoms with E-state index in [9.17, 15) is 13.2 Å². The molecule has 1 aliphatic heterocycles. The second-order valence-electron chi connectivity index (χ2n) is 6.14. The molecule has 2 rings (SSSR count). The van der Waals surface area contributed by atoms with E-state index in [4.69, 9.17) is 16.3 Å². The first-order chi connectivity index (χ1) is 11.0. The van der Waals surface area contributed by atoms with Gasteiger partial charge in [-0.3, -0.25) is 4.79 Å². The molecule has 6 nitrogen and oxygen atoms in total. The van der Waals surface area contributed by atoms with Crippen molar-refractivity contribution in [3.8, 4) is 5.75 Å².